The molecule has 0 aliphatic carbocycles. The molecule has 0 spiro atoms. The molecule has 3 nitrogen and oxygen atoms in total. The minimum absolute atomic E-state index is 0.330. The lowest BCUT2D eigenvalue weighted by molar-refractivity contribution is -0.115. The van der Waals surface area contributed by atoms with E-state index < -0.39 is 0 Å². The van der Waals surface area contributed by atoms with Crippen molar-refractivity contribution in [2.75, 3.05) is 0 Å². The van der Waals surface area contributed by atoms with Crippen LogP contribution in [0.5, 0.6) is 0 Å². The number of carbonyl (C=O) groups excluding carboxylic acids is 2. The number of rotatable bonds is 1. The lowest BCUT2D eigenvalue weighted by atomic mass is 10.4. The van der Waals surface area contributed by atoms with Gasteiger partial charge in [-0.25, -0.2) is 0 Å². The number of thiophene rings is 1. The van der Waals surface area contributed by atoms with Gasteiger partial charge >= 0.3 is 0 Å². The summed E-state index contributed by atoms with van der Waals surface area (Å²) in [7, 11) is 0. The molecule has 0 radical (unpaired) electrons. The fourth-order valence-electron chi connectivity index (χ4n) is 0.956. The fraction of sp³-hybridized carbons (Fsp3) is 0. The predicted octanol–water partition coefficient (Wildman–Crippen LogP) is 2.73. The van der Waals surface area contributed by atoms with Crippen molar-refractivity contribution in [1.29, 1.82) is 0 Å². The lowest BCUT2D eigenvalue weighted by Crippen LogP contribution is -2.17. The second kappa shape index (κ2) is 3.76. The molecule has 1 aliphatic heterocycles. The monoisotopic (exact) mass is 245 g/mol. The minimum atomic E-state index is -0.343. The van der Waals surface area contributed by atoms with Gasteiger partial charge in [0.15, 0.2) is 0 Å². The molecule has 0 bridgehead atoms. The molecule has 1 aromatic rings. The summed E-state index contributed by atoms with van der Waals surface area (Å²) in [5, 5.41) is 1.85. The molecule has 14 heavy (non-hydrogen) atoms. The summed E-state index contributed by atoms with van der Waals surface area (Å²) in [6.07, 6.45) is 1.65. The Morgan fingerprint density at radius 2 is 2.14 bits per heavy atom. The van der Waals surface area contributed by atoms with E-state index in [0.717, 1.165) is 16.6 Å². The quantitative estimate of drug-likeness (QED) is 0.774. The normalized spacial score (nSPS) is 19.1. The molecule has 2 rings (SSSR count). The summed E-state index contributed by atoms with van der Waals surface area (Å²) in [5.74, 6) is -0.343. The van der Waals surface area contributed by atoms with E-state index >= 15 is 0 Å². The summed E-state index contributed by atoms with van der Waals surface area (Å²) in [5.41, 5.74) is 0. The molecule has 2 heterocycles. The Hall–Kier alpha value is -0.780. The van der Waals surface area contributed by atoms with E-state index in [1.165, 1.54) is 11.3 Å². The highest BCUT2D eigenvalue weighted by molar-refractivity contribution is 8.18. The van der Waals surface area contributed by atoms with E-state index in [0.29, 0.717) is 9.24 Å². The van der Waals surface area contributed by atoms with Crippen LogP contribution in [0, 0.1) is 0 Å². The third kappa shape index (κ3) is 2.00. The van der Waals surface area contributed by atoms with E-state index in [2.05, 4.69) is 5.32 Å². The molecule has 1 saturated heterocycles. The van der Waals surface area contributed by atoms with Crippen LogP contribution in [0.25, 0.3) is 6.08 Å². The average molecular weight is 246 g/mol. The predicted molar refractivity (Wildman–Crippen MR) is 58.4 cm³/mol. The highest BCUT2D eigenvalue weighted by Gasteiger charge is 2.24. The standard InChI is InChI=1S/C8H4ClNO2S2/c9-6-2-1-4(13-6)3-5-7(11)10-8(12)14-5/h1-3H,(H,10,11,12)/b5-3-. The molecule has 1 fully saturated rings. The van der Waals surface area contributed by atoms with Gasteiger partial charge in [-0.2, -0.15) is 0 Å². The van der Waals surface area contributed by atoms with Crippen molar-refractivity contribution in [2.24, 2.45) is 0 Å². The molecular weight excluding hydrogens is 242 g/mol. The van der Waals surface area contributed by atoms with Crippen molar-refractivity contribution < 1.29 is 9.59 Å². The molecule has 0 aromatic carbocycles. The highest BCUT2D eigenvalue weighted by Crippen LogP contribution is 2.29. The SMILES string of the molecule is O=C1NC(=O)/C(=C/c2ccc(Cl)s2)S1. The Bertz CT molecular complexity index is 438. The van der Waals surface area contributed by atoms with Gasteiger partial charge in [-0.1, -0.05) is 11.6 Å². The van der Waals surface area contributed by atoms with Crippen molar-refractivity contribution in [3.8, 4) is 0 Å². The van der Waals surface area contributed by atoms with E-state index in [4.69, 9.17) is 11.6 Å². The molecule has 2 amide bonds. The maximum atomic E-state index is 11.1. The van der Waals surface area contributed by atoms with Crippen LogP contribution < -0.4 is 5.32 Å². The van der Waals surface area contributed by atoms with Crippen LogP contribution in [0.15, 0.2) is 17.0 Å². The number of hydrogen-bond donors (Lipinski definition) is 1. The second-order valence-electron chi connectivity index (χ2n) is 2.49. The summed E-state index contributed by atoms with van der Waals surface area (Å²) in [4.78, 5) is 23.2. The van der Waals surface area contributed by atoms with Gasteiger partial charge in [0.25, 0.3) is 11.1 Å². The van der Waals surface area contributed by atoms with Crippen molar-refractivity contribution in [3.63, 3.8) is 0 Å². The first kappa shape index (κ1) is 9.76. The first-order valence-corrected chi connectivity index (χ1v) is 5.66. The van der Waals surface area contributed by atoms with Gasteiger partial charge in [0.2, 0.25) is 0 Å². The van der Waals surface area contributed by atoms with Gasteiger partial charge in [0.05, 0.1) is 9.24 Å². The Balaban J connectivity index is 2.27. The molecule has 0 saturated carbocycles. The Kier molecular flexibility index (Phi) is 2.62. The van der Waals surface area contributed by atoms with Gasteiger partial charge in [-0.15, -0.1) is 11.3 Å². The van der Waals surface area contributed by atoms with Crippen molar-refractivity contribution in [1.82, 2.24) is 5.32 Å². The molecular formula is C8H4ClNO2S2. The van der Waals surface area contributed by atoms with E-state index in [-0.39, 0.29) is 11.1 Å². The topological polar surface area (TPSA) is 46.2 Å². The first-order chi connectivity index (χ1) is 6.65. The van der Waals surface area contributed by atoms with Crippen LogP contribution in [-0.4, -0.2) is 11.1 Å². The highest BCUT2D eigenvalue weighted by atomic mass is 35.5. The van der Waals surface area contributed by atoms with Crippen LogP contribution in [0.4, 0.5) is 4.79 Å². The largest absolute Gasteiger partial charge is 0.290 e. The van der Waals surface area contributed by atoms with Crippen molar-refractivity contribution in [3.05, 3.63) is 26.3 Å². The molecule has 1 aliphatic rings. The number of amides is 2. The lowest BCUT2D eigenvalue weighted by Gasteiger charge is -1.87. The van der Waals surface area contributed by atoms with Crippen LogP contribution in [0.2, 0.25) is 4.34 Å². The fourth-order valence-corrected chi connectivity index (χ4v) is 2.71. The zero-order valence-electron chi connectivity index (χ0n) is 6.74. The zero-order chi connectivity index (χ0) is 10.1. The van der Waals surface area contributed by atoms with Gasteiger partial charge in [0.1, 0.15) is 0 Å². The van der Waals surface area contributed by atoms with Gasteiger partial charge in [-0.3, -0.25) is 14.9 Å². The van der Waals surface area contributed by atoms with Crippen LogP contribution in [-0.2, 0) is 4.79 Å². The second-order valence-corrected chi connectivity index (χ2v) is 5.26. The van der Waals surface area contributed by atoms with Crippen molar-refractivity contribution in [2.45, 2.75) is 0 Å². The number of hydrogen-bond acceptors (Lipinski definition) is 4. The summed E-state index contributed by atoms with van der Waals surface area (Å²) in [6, 6.07) is 3.55. The minimum Gasteiger partial charge on any atom is -0.282 e. The number of halogens is 1. The van der Waals surface area contributed by atoms with E-state index in [1.54, 1.807) is 18.2 Å². The Labute approximate surface area is 93.1 Å². The number of carbonyl (C=O) groups is 2. The average Bonchev–Trinajstić information content (AvgIpc) is 2.61. The van der Waals surface area contributed by atoms with Crippen LogP contribution >= 0.6 is 34.7 Å². The van der Waals surface area contributed by atoms with E-state index in [1.807, 2.05) is 0 Å². The first-order valence-electron chi connectivity index (χ1n) is 3.65. The van der Waals surface area contributed by atoms with Crippen LogP contribution in [0.1, 0.15) is 4.88 Å². The van der Waals surface area contributed by atoms with E-state index in [9.17, 15) is 9.59 Å². The van der Waals surface area contributed by atoms with Crippen LogP contribution in [0.3, 0.4) is 0 Å². The molecule has 1 N–H and O–H groups in total. The summed E-state index contributed by atoms with van der Waals surface area (Å²) >= 11 is 7.99. The maximum absolute atomic E-state index is 11.1. The zero-order valence-corrected chi connectivity index (χ0v) is 9.13. The smallest absolute Gasteiger partial charge is 0.282 e. The Morgan fingerprint density at radius 3 is 2.64 bits per heavy atom. The summed E-state index contributed by atoms with van der Waals surface area (Å²) < 4.78 is 0.659. The summed E-state index contributed by atoms with van der Waals surface area (Å²) in [6.45, 7) is 0. The third-order valence-corrected chi connectivity index (χ3v) is 3.50. The number of nitrogens with one attached hydrogen (secondary N) is 1. The molecule has 1 aromatic heterocycles. The molecule has 0 atom stereocenters. The number of imide groups is 1. The van der Waals surface area contributed by atoms with Gasteiger partial charge < -0.3 is 0 Å². The molecule has 0 unspecified atom stereocenters. The number of thioether (sulfide) groups is 1. The Morgan fingerprint density at radius 1 is 1.36 bits per heavy atom. The molecule has 6 heteroatoms. The maximum Gasteiger partial charge on any atom is 0.290 e. The van der Waals surface area contributed by atoms with Gasteiger partial charge in [0, 0.05) is 4.88 Å². The van der Waals surface area contributed by atoms with Gasteiger partial charge in [-0.05, 0) is 30.0 Å². The van der Waals surface area contributed by atoms with Crippen molar-refractivity contribution >= 4 is 51.9 Å². The third-order valence-electron chi connectivity index (χ3n) is 1.51. The molecule has 72 valence electrons.